The molecule has 1 fully saturated rings. The van der Waals surface area contributed by atoms with E-state index in [0.717, 1.165) is 0 Å². The second-order valence-corrected chi connectivity index (χ2v) is 9.45. The Bertz CT molecular complexity index is 1020. The van der Waals surface area contributed by atoms with E-state index in [1.165, 1.54) is 23.8 Å². The van der Waals surface area contributed by atoms with E-state index in [9.17, 15) is 24.3 Å². The van der Waals surface area contributed by atoms with Gasteiger partial charge in [-0.25, -0.2) is 14.8 Å². The van der Waals surface area contributed by atoms with Gasteiger partial charge in [-0.2, -0.15) is 0 Å². The highest BCUT2D eigenvalue weighted by Gasteiger charge is 2.38. The van der Waals surface area contributed by atoms with E-state index in [1.54, 1.807) is 6.20 Å². The summed E-state index contributed by atoms with van der Waals surface area (Å²) in [5.74, 6) is -2.57. The molecule has 196 valence electrons. The van der Waals surface area contributed by atoms with E-state index in [4.69, 9.17) is 5.73 Å². The summed E-state index contributed by atoms with van der Waals surface area (Å²) in [5, 5.41) is 14.9. The Hall–Kier alpha value is -3.74. The molecule has 0 radical (unpaired) electrons. The van der Waals surface area contributed by atoms with Crippen LogP contribution in [0.5, 0.6) is 0 Å². The van der Waals surface area contributed by atoms with Crippen molar-refractivity contribution in [3.8, 4) is 0 Å². The van der Waals surface area contributed by atoms with E-state index in [0.29, 0.717) is 37.2 Å². The average molecular weight is 503 g/mol. The SMILES string of the molecule is CC(C)CC(NC(=O)C(Cc1cnc[nH]1)NC(=O)C(N)Cc1cnc[nH]1)C(=O)N1CCCC1C(=O)O. The van der Waals surface area contributed by atoms with Crippen LogP contribution >= 0.6 is 0 Å². The number of carbonyl (C=O) groups excluding carboxylic acids is 3. The van der Waals surface area contributed by atoms with Gasteiger partial charge in [0, 0.05) is 43.2 Å². The quantitative estimate of drug-likeness (QED) is 0.219. The average Bonchev–Trinajstić information content (AvgIpc) is 3.59. The number of H-pyrrole nitrogens is 2. The van der Waals surface area contributed by atoms with E-state index >= 15 is 0 Å². The second-order valence-electron chi connectivity index (χ2n) is 9.45. The molecule has 0 bridgehead atoms. The third-order valence-electron chi connectivity index (χ3n) is 6.09. The maximum atomic E-state index is 13.4. The van der Waals surface area contributed by atoms with Gasteiger partial charge in [0.15, 0.2) is 0 Å². The summed E-state index contributed by atoms with van der Waals surface area (Å²) in [6.45, 7) is 4.13. The maximum Gasteiger partial charge on any atom is 0.326 e. The zero-order chi connectivity index (χ0) is 26.2. The molecule has 3 amide bonds. The number of carbonyl (C=O) groups is 4. The minimum Gasteiger partial charge on any atom is -0.480 e. The number of amides is 3. The summed E-state index contributed by atoms with van der Waals surface area (Å²) in [5.41, 5.74) is 7.32. The monoisotopic (exact) mass is 502 g/mol. The minimum atomic E-state index is -1.06. The predicted molar refractivity (Wildman–Crippen MR) is 128 cm³/mol. The summed E-state index contributed by atoms with van der Waals surface area (Å²) < 4.78 is 0. The normalized spacial score (nSPS) is 18.0. The van der Waals surface area contributed by atoms with Crippen molar-refractivity contribution < 1.29 is 24.3 Å². The predicted octanol–water partition coefficient (Wildman–Crippen LogP) is -0.663. The molecule has 4 unspecified atom stereocenters. The fourth-order valence-electron chi connectivity index (χ4n) is 4.28. The van der Waals surface area contributed by atoms with Gasteiger partial charge in [-0.1, -0.05) is 13.8 Å². The molecule has 0 saturated carbocycles. The number of aromatic nitrogens is 4. The number of rotatable bonds is 12. The maximum absolute atomic E-state index is 13.4. The lowest BCUT2D eigenvalue weighted by Gasteiger charge is -2.29. The van der Waals surface area contributed by atoms with Crippen LogP contribution in [0.1, 0.15) is 44.5 Å². The third kappa shape index (κ3) is 7.13. The fraction of sp³-hybridized carbons (Fsp3) is 0.565. The lowest BCUT2D eigenvalue weighted by molar-refractivity contribution is -0.149. The lowest BCUT2D eigenvalue weighted by Crippen LogP contribution is -2.58. The number of nitrogens with zero attached hydrogens (tertiary/aromatic N) is 3. The van der Waals surface area contributed by atoms with Crippen LogP contribution in [0.15, 0.2) is 25.0 Å². The highest BCUT2D eigenvalue weighted by molar-refractivity contribution is 5.94. The van der Waals surface area contributed by atoms with Crippen LogP contribution in [-0.2, 0) is 32.0 Å². The molecule has 3 heterocycles. The molecule has 7 N–H and O–H groups in total. The number of carboxylic acids is 1. The van der Waals surface area contributed by atoms with Crippen LogP contribution in [0.4, 0.5) is 0 Å². The van der Waals surface area contributed by atoms with E-state index < -0.39 is 47.9 Å². The van der Waals surface area contributed by atoms with Gasteiger partial charge in [0.1, 0.15) is 18.1 Å². The van der Waals surface area contributed by atoms with Gasteiger partial charge in [0.2, 0.25) is 17.7 Å². The van der Waals surface area contributed by atoms with Crippen molar-refractivity contribution in [2.45, 2.75) is 70.1 Å². The smallest absolute Gasteiger partial charge is 0.326 e. The third-order valence-corrected chi connectivity index (χ3v) is 6.09. The molecule has 36 heavy (non-hydrogen) atoms. The summed E-state index contributed by atoms with van der Waals surface area (Å²) in [6.07, 6.45) is 7.60. The van der Waals surface area contributed by atoms with E-state index in [1.807, 2.05) is 13.8 Å². The summed E-state index contributed by atoms with van der Waals surface area (Å²) in [7, 11) is 0. The molecular weight excluding hydrogens is 468 g/mol. The van der Waals surface area contributed by atoms with Crippen molar-refractivity contribution in [3.63, 3.8) is 0 Å². The van der Waals surface area contributed by atoms with Gasteiger partial charge < -0.3 is 36.3 Å². The van der Waals surface area contributed by atoms with Crippen molar-refractivity contribution in [2.24, 2.45) is 11.7 Å². The molecule has 13 heteroatoms. The second kappa shape index (κ2) is 12.3. The van der Waals surface area contributed by atoms with Gasteiger partial charge in [0.25, 0.3) is 0 Å². The molecule has 0 aromatic carbocycles. The van der Waals surface area contributed by atoms with Crippen LogP contribution in [0.2, 0.25) is 0 Å². The number of imidazole rings is 2. The molecule has 1 aliphatic rings. The van der Waals surface area contributed by atoms with Crippen LogP contribution in [0, 0.1) is 5.92 Å². The zero-order valence-electron chi connectivity index (χ0n) is 20.4. The molecule has 3 rings (SSSR count). The number of aromatic amines is 2. The molecule has 1 aliphatic heterocycles. The van der Waals surface area contributed by atoms with E-state index in [-0.39, 0.29) is 18.8 Å². The first-order valence-corrected chi connectivity index (χ1v) is 12.0. The summed E-state index contributed by atoms with van der Waals surface area (Å²) in [4.78, 5) is 66.1. The molecule has 0 aliphatic carbocycles. The number of hydrogen-bond acceptors (Lipinski definition) is 7. The topological polar surface area (TPSA) is 199 Å². The Morgan fingerprint density at radius 1 is 1.06 bits per heavy atom. The first-order chi connectivity index (χ1) is 17.2. The largest absolute Gasteiger partial charge is 0.480 e. The van der Waals surface area contributed by atoms with E-state index in [2.05, 4.69) is 30.6 Å². The fourth-order valence-corrected chi connectivity index (χ4v) is 4.28. The Labute approximate surface area is 208 Å². The molecular formula is C23H34N8O5. The molecule has 2 aromatic heterocycles. The van der Waals surface area contributed by atoms with Crippen LogP contribution in [0.3, 0.4) is 0 Å². The Balaban J connectivity index is 1.74. The van der Waals surface area contributed by atoms with Crippen LogP contribution in [-0.4, -0.2) is 84.3 Å². The van der Waals surface area contributed by atoms with Crippen LogP contribution < -0.4 is 16.4 Å². The van der Waals surface area contributed by atoms with Gasteiger partial charge in [-0.3, -0.25) is 14.4 Å². The number of carboxylic acid groups (broad SMARTS) is 1. The van der Waals surface area contributed by atoms with Crippen LogP contribution in [0.25, 0.3) is 0 Å². The standard InChI is InChI=1S/C23H34N8O5/c1-13(2)6-18(22(34)31-5-3-4-19(31)23(35)36)30-21(33)17(8-15-10-26-12-28-15)29-20(32)16(24)7-14-9-25-11-27-14/h9-13,16-19H,3-8,24H2,1-2H3,(H,25,27)(H,26,28)(H,29,32)(H,30,33)(H,35,36). The summed E-state index contributed by atoms with van der Waals surface area (Å²) >= 11 is 0. The molecule has 4 atom stereocenters. The van der Waals surface area contributed by atoms with Gasteiger partial charge in [0.05, 0.1) is 18.7 Å². The number of hydrogen-bond donors (Lipinski definition) is 6. The molecule has 0 spiro atoms. The first-order valence-electron chi connectivity index (χ1n) is 12.0. The Kier molecular flexibility index (Phi) is 9.17. The minimum absolute atomic E-state index is 0.0496. The Morgan fingerprint density at radius 3 is 2.22 bits per heavy atom. The first kappa shape index (κ1) is 26.9. The van der Waals surface area contributed by atoms with Gasteiger partial charge in [-0.05, 0) is 25.2 Å². The summed E-state index contributed by atoms with van der Waals surface area (Å²) in [6, 6.07) is -3.82. The highest BCUT2D eigenvalue weighted by Crippen LogP contribution is 2.20. The number of nitrogens with one attached hydrogen (secondary N) is 4. The lowest BCUT2D eigenvalue weighted by atomic mass is 10.0. The van der Waals surface area contributed by atoms with Crippen molar-refractivity contribution in [3.05, 3.63) is 36.4 Å². The van der Waals surface area contributed by atoms with Crippen molar-refractivity contribution in [2.75, 3.05) is 6.54 Å². The van der Waals surface area contributed by atoms with Gasteiger partial charge >= 0.3 is 5.97 Å². The highest BCUT2D eigenvalue weighted by atomic mass is 16.4. The van der Waals surface area contributed by atoms with Crippen molar-refractivity contribution in [1.82, 2.24) is 35.5 Å². The zero-order valence-corrected chi connectivity index (χ0v) is 20.4. The number of aliphatic carboxylic acids is 1. The van der Waals surface area contributed by atoms with Crippen molar-refractivity contribution in [1.29, 1.82) is 0 Å². The molecule has 2 aromatic rings. The Morgan fingerprint density at radius 2 is 1.67 bits per heavy atom. The van der Waals surface area contributed by atoms with Crippen molar-refractivity contribution >= 4 is 23.7 Å². The number of nitrogens with two attached hydrogens (primary N) is 1. The molecule has 13 nitrogen and oxygen atoms in total. The molecule has 1 saturated heterocycles. The number of likely N-dealkylation sites (tertiary alicyclic amines) is 1. The van der Waals surface area contributed by atoms with Gasteiger partial charge in [-0.15, -0.1) is 0 Å².